The van der Waals surface area contributed by atoms with Crippen LogP contribution in [0.1, 0.15) is 16.1 Å². The number of nitrogens with one attached hydrogen (secondary N) is 1. The van der Waals surface area contributed by atoms with Crippen molar-refractivity contribution in [1.29, 1.82) is 0 Å². The van der Waals surface area contributed by atoms with Crippen LogP contribution in [0, 0.1) is 6.92 Å². The van der Waals surface area contributed by atoms with Gasteiger partial charge in [0.25, 0.3) is 11.5 Å². The van der Waals surface area contributed by atoms with Crippen LogP contribution >= 0.6 is 0 Å². The minimum atomic E-state index is -0.516. The van der Waals surface area contributed by atoms with E-state index < -0.39 is 11.5 Å². The third-order valence-corrected chi connectivity index (χ3v) is 4.64. The lowest BCUT2D eigenvalue weighted by Gasteiger charge is -2.07. The molecule has 0 aliphatic rings. The number of amides is 1. The molecule has 8 nitrogen and oxygen atoms in total. The fraction of sp³-hybridized carbons (Fsp3) is 0.0909. The summed E-state index contributed by atoms with van der Waals surface area (Å²) in [5.41, 5.74) is 0.915. The lowest BCUT2D eigenvalue weighted by Crippen LogP contribution is -2.25. The van der Waals surface area contributed by atoms with Gasteiger partial charge in [0.05, 0.1) is 17.6 Å². The van der Waals surface area contributed by atoms with Crippen LogP contribution in [0.25, 0.3) is 5.69 Å². The van der Waals surface area contributed by atoms with E-state index in [1.54, 1.807) is 55.3 Å². The second-order valence-corrected chi connectivity index (χ2v) is 6.55. The fourth-order valence-electron chi connectivity index (χ4n) is 3.07. The molecular weight excluding hydrogens is 382 g/mol. The topological polar surface area (TPSA) is 91.0 Å². The molecule has 0 bridgehead atoms. The quantitative estimate of drug-likeness (QED) is 0.554. The molecule has 8 heteroatoms. The van der Waals surface area contributed by atoms with Gasteiger partial charge in [0.15, 0.2) is 0 Å². The van der Waals surface area contributed by atoms with E-state index in [1.807, 2.05) is 30.3 Å². The van der Waals surface area contributed by atoms with Crippen LogP contribution in [0.5, 0.6) is 11.5 Å². The van der Waals surface area contributed by atoms with E-state index in [2.05, 4.69) is 15.3 Å². The van der Waals surface area contributed by atoms with Crippen LogP contribution in [0.3, 0.4) is 0 Å². The predicted molar refractivity (Wildman–Crippen MR) is 112 cm³/mol. The summed E-state index contributed by atoms with van der Waals surface area (Å²) in [6, 6.07) is 15.9. The highest BCUT2D eigenvalue weighted by Gasteiger charge is 2.22. The van der Waals surface area contributed by atoms with E-state index in [9.17, 15) is 9.59 Å². The maximum Gasteiger partial charge on any atom is 0.284 e. The molecule has 0 atom stereocenters. The number of anilines is 1. The molecule has 1 aromatic carbocycles. The molecule has 0 spiro atoms. The number of carbonyl (C=O) groups excluding carboxylic acids is 1. The van der Waals surface area contributed by atoms with Crippen molar-refractivity contribution in [2.75, 3.05) is 5.32 Å². The zero-order valence-corrected chi connectivity index (χ0v) is 16.4. The molecule has 0 aliphatic heterocycles. The van der Waals surface area contributed by atoms with Gasteiger partial charge in [-0.1, -0.05) is 18.2 Å². The second-order valence-electron chi connectivity index (χ2n) is 6.55. The van der Waals surface area contributed by atoms with Gasteiger partial charge in [0.2, 0.25) is 0 Å². The number of hydrogen-bond donors (Lipinski definition) is 1. The average molecular weight is 401 g/mol. The average Bonchev–Trinajstić information content (AvgIpc) is 2.99. The summed E-state index contributed by atoms with van der Waals surface area (Å²) in [6.07, 6.45) is 4.75. The highest BCUT2D eigenvalue weighted by molar-refractivity contribution is 6.04. The van der Waals surface area contributed by atoms with Crippen molar-refractivity contribution >= 4 is 11.7 Å². The Morgan fingerprint density at radius 1 is 1.00 bits per heavy atom. The van der Waals surface area contributed by atoms with Gasteiger partial charge in [-0.15, -0.1) is 0 Å². The number of para-hydroxylation sites is 1. The molecule has 3 aromatic heterocycles. The van der Waals surface area contributed by atoms with Gasteiger partial charge in [-0.3, -0.25) is 19.3 Å². The lowest BCUT2D eigenvalue weighted by atomic mass is 10.2. The minimum absolute atomic E-state index is 0.0697. The van der Waals surface area contributed by atoms with Crippen molar-refractivity contribution in [3.8, 4) is 17.2 Å². The Hall–Kier alpha value is -4.20. The molecule has 0 radical (unpaired) electrons. The highest BCUT2D eigenvalue weighted by Crippen LogP contribution is 2.20. The fourth-order valence-corrected chi connectivity index (χ4v) is 3.07. The summed E-state index contributed by atoms with van der Waals surface area (Å²) < 4.78 is 8.78. The standard InChI is InChI=1S/C22H19N5O3/c1-15-20(22(29)27(26(15)2)16-6-4-3-5-7-16)21(28)25-19-9-8-18(14-24-19)30-17-10-12-23-13-11-17/h3-14H,1-2H3,(H,24,25,28). The third kappa shape index (κ3) is 3.70. The SMILES string of the molecule is Cc1c(C(=O)Nc2ccc(Oc3ccncc3)cn2)c(=O)n(-c2ccccc2)n1C. The summed E-state index contributed by atoms with van der Waals surface area (Å²) in [7, 11) is 1.74. The first-order valence-electron chi connectivity index (χ1n) is 9.24. The normalized spacial score (nSPS) is 10.6. The summed E-state index contributed by atoms with van der Waals surface area (Å²) >= 11 is 0. The smallest absolute Gasteiger partial charge is 0.284 e. The Labute approximate surface area is 172 Å². The zero-order chi connectivity index (χ0) is 21.1. The van der Waals surface area contributed by atoms with Crippen LogP contribution in [0.4, 0.5) is 5.82 Å². The van der Waals surface area contributed by atoms with Crippen molar-refractivity contribution in [3.63, 3.8) is 0 Å². The van der Waals surface area contributed by atoms with Crippen LogP contribution in [-0.2, 0) is 7.05 Å². The number of rotatable bonds is 5. The van der Waals surface area contributed by atoms with E-state index in [0.717, 1.165) is 0 Å². The number of ether oxygens (including phenoxy) is 1. The molecule has 1 N–H and O–H groups in total. The maximum atomic E-state index is 12.9. The van der Waals surface area contributed by atoms with Gasteiger partial charge in [-0.2, -0.15) is 0 Å². The number of pyridine rings is 2. The number of hydrogen-bond acceptors (Lipinski definition) is 5. The van der Waals surface area contributed by atoms with Gasteiger partial charge >= 0.3 is 0 Å². The van der Waals surface area contributed by atoms with E-state index in [1.165, 1.54) is 10.9 Å². The Morgan fingerprint density at radius 3 is 2.40 bits per heavy atom. The first-order valence-corrected chi connectivity index (χ1v) is 9.24. The van der Waals surface area contributed by atoms with E-state index >= 15 is 0 Å². The van der Waals surface area contributed by atoms with E-state index in [4.69, 9.17) is 4.74 Å². The van der Waals surface area contributed by atoms with Crippen LogP contribution < -0.4 is 15.6 Å². The predicted octanol–water partition coefficient (Wildman–Crippen LogP) is 3.32. The van der Waals surface area contributed by atoms with Crippen LogP contribution in [0.15, 0.2) is 78.0 Å². The molecular formula is C22H19N5O3. The highest BCUT2D eigenvalue weighted by atomic mass is 16.5. The Balaban J connectivity index is 1.55. The Morgan fingerprint density at radius 2 is 1.73 bits per heavy atom. The van der Waals surface area contributed by atoms with Gasteiger partial charge in [0, 0.05) is 19.4 Å². The largest absolute Gasteiger partial charge is 0.456 e. The molecule has 4 aromatic rings. The van der Waals surface area contributed by atoms with E-state index in [-0.39, 0.29) is 5.56 Å². The number of aromatic nitrogens is 4. The molecule has 0 aliphatic carbocycles. The van der Waals surface area contributed by atoms with Gasteiger partial charge in [-0.05, 0) is 43.3 Å². The summed E-state index contributed by atoms with van der Waals surface area (Å²) in [5.74, 6) is 0.945. The molecule has 0 saturated heterocycles. The lowest BCUT2D eigenvalue weighted by molar-refractivity contribution is 0.102. The van der Waals surface area contributed by atoms with Gasteiger partial charge in [-0.25, -0.2) is 9.67 Å². The Kier molecular flexibility index (Phi) is 5.13. The molecule has 0 fully saturated rings. The summed E-state index contributed by atoms with van der Waals surface area (Å²) in [4.78, 5) is 33.9. The molecule has 3 heterocycles. The van der Waals surface area contributed by atoms with Gasteiger partial charge < -0.3 is 10.1 Å². The van der Waals surface area contributed by atoms with E-state index in [0.29, 0.717) is 28.7 Å². The van der Waals surface area contributed by atoms with Crippen LogP contribution in [0.2, 0.25) is 0 Å². The number of benzene rings is 1. The van der Waals surface area contributed by atoms with Crippen molar-refractivity contribution in [3.05, 3.63) is 94.8 Å². The summed E-state index contributed by atoms with van der Waals surface area (Å²) in [6.45, 7) is 1.73. The number of nitrogens with zero attached hydrogens (tertiary/aromatic N) is 4. The first-order chi connectivity index (χ1) is 14.5. The van der Waals surface area contributed by atoms with Crippen molar-refractivity contribution in [2.24, 2.45) is 7.05 Å². The molecule has 0 unspecified atom stereocenters. The van der Waals surface area contributed by atoms with Crippen molar-refractivity contribution in [2.45, 2.75) is 6.92 Å². The minimum Gasteiger partial charge on any atom is -0.456 e. The monoisotopic (exact) mass is 401 g/mol. The van der Waals surface area contributed by atoms with Crippen molar-refractivity contribution in [1.82, 2.24) is 19.3 Å². The molecule has 150 valence electrons. The first kappa shape index (κ1) is 19.1. The van der Waals surface area contributed by atoms with Crippen molar-refractivity contribution < 1.29 is 9.53 Å². The van der Waals surface area contributed by atoms with Gasteiger partial charge in [0.1, 0.15) is 22.9 Å². The second kappa shape index (κ2) is 8.04. The Bertz CT molecular complexity index is 1230. The zero-order valence-electron chi connectivity index (χ0n) is 16.4. The molecule has 4 rings (SSSR count). The molecule has 30 heavy (non-hydrogen) atoms. The van der Waals surface area contributed by atoms with Crippen LogP contribution in [-0.4, -0.2) is 25.2 Å². The maximum absolute atomic E-state index is 12.9. The molecule has 0 saturated carbocycles. The third-order valence-electron chi connectivity index (χ3n) is 4.64. The number of carbonyl (C=O) groups is 1. The summed E-state index contributed by atoms with van der Waals surface area (Å²) in [5, 5.41) is 2.68. The molecule has 1 amide bonds.